The van der Waals surface area contributed by atoms with Crippen LogP contribution in [0.25, 0.3) is 0 Å². The lowest BCUT2D eigenvalue weighted by molar-refractivity contribution is 0.0908. The third-order valence-corrected chi connectivity index (χ3v) is 3.38. The van der Waals surface area contributed by atoms with E-state index in [0.717, 1.165) is 18.9 Å². The maximum atomic E-state index is 12.1. The van der Waals surface area contributed by atoms with Crippen molar-refractivity contribution in [2.24, 2.45) is 0 Å². The fraction of sp³-hybridized carbons (Fsp3) is 0.286. The molecule has 1 aromatic heterocycles. The normalized spacial score (nSPS) is 15.2. The van der Waals surface area contributed by atoms with Gasteiger partial charge in [-0.2, -0.15) is 0 Å². The van der Waals surface area contributed by atoms with Crippen molar-refractivity contribution < 1.29 is 9.90 Å². The SMILES string of the molecule is O=C(CN1CCn2ccnc2C1)c1ccc(O)cc1. The van der Waals surface area contributed by atoms with Gasteiger partial charge >= 0.3 is 0 Å². The Morgan fingerprint density at radius 3 is 2.84 bits per heavy atom. The molecule has 3 rings (SSSR count). The van der Waals surface area contributed by atoms with Crippen molar-refractivity contribution in [3.8, 4) is 5.75 Å². The number of aromatic hydroxyl groups is 1. The first-order chi connectivity index (χ1) is 9.22. The topological polar surface area (TPSA) is 58.4 Å². The lowest BCUT2D eigenvalue weighted by Crippen LogP contribution is -2.37. The summed E-state index contributed by atoms with van der Waals surface area (Å²) in [4.78, 5) is 18.5. The number of ketones is 1. The van der Waals surface area contributed by atoms with Crippen molar-refractivity contribution >= 4 is 5.78 Å². The highest BCUT2D eigenvalue weighted by Gasteiger charge is 2.19. The van der Waals surface area contributed by atoms with Gasteiger partial charge in [0.2, 0.25) is 0 Å². The molecule has 0 fully saturated rings. The zero-order valence-electron chi connectivity index (χ0n) is 10.5. The van der Waals surface area contributed by atoms with Crippen molar-refractivity contribution in [3.63, 3.8) is 0 Å². The van der Waals surface area contributed by atoms with Crippen molar-refractivity contribution in [1.29, 1.82) is 0 Å². The maximum Gasteiger partial charge on any atom is 0.176 e. The zero-order valence-corrected chi connectivity index (χ0v) is 10.5. The summed E-state index contributed by atoms with van der Waals surface area (Å²) in [6.45, 7) is 2.82. The number of rotatable bonds is 3. The quantitative estimate of drug-likeness (QED) is 0.842. The number of Topliss-reactive ketones (excluding diaryl/α,β-unsaturated/α-hetero) is 1. The smallest absolute Gasteiger partial charge is 0.176 e. The molecule has 0 saturated heterocycles. The molecule has 0 bridgehead atoms. The van der Waals surface area contributed by atoms with Gasteiger partial charge in [-0.25, -0.2) is 4.98 Å². The number of imidazole rings is 1. The van der Waals surface area contributed by atoms with Crippen LogP contribution in [-0.4, -0.2) is 38.4 Å². The fourth-order valence-corrected chi connectivity index (χ4v) is 2.30. The Labute approximate surface area is 111 Å². The Bertz CT molecular complexity index is 589. The van der Waals surface area contributed by atoms with E-state index in [4.69, 9.17) is 0 Å². The van der Waals surface area contributed by atoms with E-state index in [2.05, 4.69) is 14.5 Å². The molecule has 0 spiro atoms. The van der Waals surface area contributed by atoms with Gasteiger partial charge in [-0.05, 0) is 24.3 Å². The molecule has 0 amide bonds. The number of carbonyl (C=O) groups is 1. The standard InChI is InChI=1S/C14H15N3O2/c18-12-3-1-11(2-4-12)13(19)9-16-7-8-17-6-5-15-14(17)10-16/h1-6,18H,7-10H2. The molecular formula is C14H15N3O2. The number of phenols is 1. The molecule has 0 saturated carbocycles. The highest BCUT2D eigenvalue weighted by Crippen LogP contribution is 2.13. The van der Waals surface area contributed by atoms with Gasteiger partial charge in [0.15, 0.2) is 5.78 Å². The van der Waals surface area contributed by atoms with Crippen LogP contribution in [0, 0.1) is 0 Å². The predicted octanol–water partition coefficient (Wildman–Crippen LogP) is 1.29. The Balaban J connectivity index is 1.66. The van der Waals surface area contributed by atoms with E-state index in [-0.39, 0.29) is 11.5 Å². The summed E-state index contributed by atoms with van der Waals surface area (Å²) in [6, 6.07) is 6.39. The summed E-state index contributed by atoms with van der Waals surface area (Å²) in [7, 11) is 0. The highest BCUT2D eigenvalue weighted by molar-refractivity contribution is 5.97. The van der Waals surface area contributed by atoms with E-state index in [1.54, 1.807) is 18.3 Å². The largest absolute Gasteiger partial charge is 0.508 e. The van der Waals surface area contributed by atoms with Gasteiger partial charge in [-0.3, -0.25) is 9.69 Å². The van der Waals surface area contributed by atoms with Crippen LogP contribution in [0.1, 0.15) is 16.2 Å². The molecule has 2 aromatic rings. The van der Waals surface area contributed by atoms with E-state index in [9.17, 15) is 9.90 Å². The molecule has 5 nitrogen and oxygen atoms in total. The molecule has 1 aromatic carbocycles. The summed E-state index contributed by atoms with van der Waals surface area (Å²) < 4.78 is 2.11. The average Bonchev–Trinajstić information content (AvgIpc) is 2.87. The third kappa shape index (κ3) is 2.51. The Morgan fingerprint density at radius 1 is 1.26 bits per heavy atom. The lowest BCUT2D eigenvalue weighted by atomic mass is 10.1. The van der Waals surface area contributed by atoms with E-state index in [1.807, 2.05) is 6.20 Å². The zero-order chi connectivity index (χ0) is 13.2. The summed E-state index contributed by atoms with van der Waals surface area (Å²) in [5.74, 6) is 1.25. The number of nitrogens with zero attached hydrogens (tertiary/aromatic N) is 3. The first-order valence-corrected chi connectivity index (χ1v) is 6.27. The molecule has 2 heterocycles. The molecule has 1 aliphatic heterocycles. The van der Waals surface area contributed by atoms with Crippen LogP contribution in [0.3, 0.4) is 0 Å². The summed E-state index contributed by atoms with van der Waals surface area (Å²) in [6.07, 6.45) is 3.76. The molecule has 1 N–H and O–H groups in total. The van der Waals surface area contributed by atoms with Crippen molar-refractivity contribution in [3.05, 3.63) is 48.0 Å². The van der Waals surface area contributed by atoms with Crippen molar-refractivity contribution in [2.75, 3.05) is 13.1 Å². The molecule has 5 heteroatoms. The average molecular weight is 257 g/mol. The number of hydrogen-bond donors (Lipinski definition) is 1. The Kier molecular flexibility index (Phi) is 3.05. The number of hydrogen-bond acceptors (Lipinski definition) is 4. The maximum absolute atomic E-state index is 12.1. The van der Waals surface area contributed by atoms with Gasteiger partial charge < -0.3 is 9.67 Å². The molecule has 0 atom stereocenters. The highest BCUT2D eigenvalue weighted by atomic mass is 16.3. The van der Waals surface area contributed by atoms with Gasteiger partial charge in [0.25, 0.3) is 0 Å². The fourth-order valence-electron chi connectivity index (χ4n) is 2.30. The first-order valence-electron chi connectivity index (χ1n) is 6.27. The van der Waals surface area contributed by atoms with Gasteiger partial charge in [0.1, 0.15) is 11.6 Å². The van der Waals surface area contributed by atoms with Crippen molar-refractivity contribution in [1.82, 2.24) is 14.5 Å². The van der Waals surface area contributed by atoms with Gasteiger partial charge in [-0.1, -0.05) is 0 Å². The molecular weight excluding hydrogens is 242 g/mol. The second-order valence-corrected chi connectivity index (χ2v) is 4.72. The second kappa shape index (κ2) is 4.85. The minimum Gasteiger partial charge on any atom is -0.508 e. The summed E-state index contributed by atoms with van der Waals surface area (Å²) in [5, 5.41) is 9.21. The van der Waals surface area contributed by atoms with Crippen LogP contribution in [0.4, 0.5) is 0 Å². The van der Waals surface area contributed by atoms with Crippen molar-refractivity contribution in [2.45, 2.75) is 13.1 Å². The van der Waals surface area contributed by atoms with E-state index in [1.165, 1.54) is 12.1 Å². The third-order valence-electron chi connectivity index (χ3n) is 3.38. The van der Waals surface area contributed by atoms with Gasteiger partial charge in [-0.15, -0.1) is 0 Å². The molecule has 0 aliphatic carbocycles. The Hall–Kier alpha value is -2.14. The number of phenolic OH excluding ortho intramolecular Hbond substituents is 1. The minimum atomic E-state index is 0.0695. The molecule has 19 heavy (non-hydrogen) atoms. The number of fused-ring (bicyclic) bond motifs is 1. The summed E-state index contributed by atoms with van der Waals surface area (Å²) >= 11 is 0. The number of carbonyl (C=O) groups excluding carboxylic acids is 1. The molecule has 0 radical (unpaired) electrons. The summed E-state index contributed by atoms with van der Waals surface area (Å²) in [5.41, 5.74) is 0.631. The Morgan fingerprint density at radius 2 is 2.05 bits per heavy atom. The van der Waals surface area contributed by atoms with Crippen LogP contribution >= 0.6 is 0 Å². The van der Waals surface area contributed by atoms with E-state index in [0.29, 0.717) is 18.7 Å². The van der Waals surface area contributed by atoms with Crippen LogP contribution in [0.15, 0.2) is 36.7 Å². The number of benzene rings is 1. The minimum absolute atomic E-state index is 0.0695. The van der Waals surface area contributed by atoms with E-state index >= 15 is 0 Å². The monoisotopic (exact) mass is 257 g/mol. The first kappa shape index (κ1) is 11.9. The van der Waals surface area contributed by atoms with E-state index < -0.39 is 0 Å². The van der Waals surface area contributed by atoms with Crippen LogP contribution in [0.2, 0.25) is 0 Å². The van der Waals surface area contributed by atoms with Crippen LogP contribution < -0.4 is 0 Å². The number of aromatic nitrogens is 2. The predicted molar refractivity (Wildman–Crippen MR) is 69.9 cm³/mol. The van der Waals surface area contributed by atoms with Crippen LogP contribution in [-0.2, 0) is 13.1 Å². The molecule has 98 valence electrons. The molecule has 1 aliphatic rings. The van der Waals surface area contributed by atoms with Gasteiger partial charge in [0.05, 0.1) is 13.1 Å². The second-order valence-electron chi connectivity index (χ2n) is 4.72. The van der Waals surface area contributed by atoms with Crippen LogP contribution in [0.5, 0.6) is 5.75 Å². The lowest BCUT2D eigenvalue weighted by Gasteiger charge is -2.26. The van der Waals surface area contributed by atoms with Gasteiger partial charge in [0, 0.05) is 31.0 Å². The molecule has 0 unspecified atom stereocenters.